The molecule has 0 saturated carbocycles. The van der Waals surface area contributed by atoms with Crippen LogP contribution in [0.25, 0.3) is 0 Å². The summed E-state index contributed by atoms with van der Waals surface area (Å²) in [6, 6.07) is 0. The third-order valence-electron chi connectivity index (χ3n) is 0. The summed E-state index contributed by atoms with van der Waals surface area (Å²) in [5.74, 6) is 0. The van der Waals surface area contributed by atoms with Crippen molar-refractivity contribution in [3.8, 4) is 0 Å². The van der Waals surface area contributed by atoms with Crippen LogP contribution in [0, 0.1) is 0 Å². The van der Waals surface area contributed by atoms with Crippen LogP contribution in [0.3, 0.4) is 0 Å². The van der Waals surface area contributed by atoms with Gasteiger partial charge in [0.05, 0.1) is 0 Å². The third kappa shape index (κ3) is 8.92. The van der Waals surface area contributed by atoms with Crippen molar-refractivity contribution < 1.29 is 97.0 Å². The molecule has 0 aromatic heterocycles. The molecule has 0 aliphatic carbocycles. The quantitative estimate of drug-likeness (QED) is 0.303. The van der Waals surface area contributed by atoms with E-state index in [0.717, 1.165) is 0 Å². The topological polar surface area (TPSA) is 0 Å². The Balaban J connectivity index is 0. The molecule has 0 aromatic carbocycles. The van der Waals surface area contributed by atoms with Crippen LogP contribution < -0.4 is 77.5 Å². The van der Waals surface area contributed by atoms with Crippen molar-refractivity contribution >= 4 is 0 Å². The van der Waals surface area contributed by atoms with Crippen LogP contribution in [0.1, 0.15) is 0 Å². The van der Waals surface area contributed by atoms with E-state index in [0.29, 0.717) is 0 Å². The summed E-state index contributed by atoms with van der Waals surface area (Å²) in [4.78, 5) is 0. The molecular formula is I2NaZn+. The minimum Gasteiger partial charge on any atom is -1.00 e. The maximum absolute atomic E-state index is 0. The Morgan fingerprint density at radius 1 is 0.750 bits per heavy atom. The van der Waals surface area contributed by atoms with E-state index in [-0.39, 0.29) is 97.0 Å². The van der Waals surface area contributed by atoms with Crippen LogP contribution in [-0.2, 0) is 19.5 Å². The molecule has 4 heavy (non-hydrogen) atoms. The summed E-state index contributed by atoms with van der Waals surface area (Å²) >= 11 is 0. The van der Waals surface area contributed by atoms with Crippen molar-refractivity contribution in [2.45, 2.75) is 0 Å². The van der Waals surface area contributed by atoms with Crippen molar-refractivity contribution in [3.05, 3.63) is 0 Å². The molecular weight excluding hydrogens is 342 g/mol. The molecule has 0 nitrogen and oxygen atoms in total. The van der Waals surface area contributed by atoms with Crippen molar-refractivity contribution in [1.29, 1.82) is 0 Å². The van der Waals surface area contributed by atoms with Crippen LogP contribution in [0.5, 0.6) is 0 Å². The van der Waals surface area contributed by atoms with Crippen molar-refractivity contribution in [2.24, 2.45) is 0 Å². The smallest absolute Gasteiger partial charge is 1.00 e. The fourth-order valence-corrected chi connectivity index (χ4v) is 0. The van der Waals surface area contributed by atoms with Gasteiger partial charge in [0.15, 0.2) is 0 Å². The second-order valence-electron chi connectivity index (χ2n) is 0. The maximum atomic E-state index is 0. The van der Waals surface area contributed by atoms with Gasteiger partial charge in [-0.05, 0) is 0 Å². The second kappa shape index (κ2) is 16.5. The summed E-state index contributed by atoms with van der Waals surface area (Å²) in [6.07, 6.45) is 0. The first kappa shape index (κ1) is 27.6. The van der Waals surface area contributed by atoms with E-state index in [4.69, 9.17) is 0 Å². The Kier molecular flexibility index (Phi) is 114. The fraction of sp³-hybridized carbons (Fsp3) is 0. The van der Waals surface area contributed by atoms with Gasteiger partial charge in [-0.3, -0.25) is 0 Å². The molecule has 0 rings (SSSR count). The molecule has 0 atom stereocenters. The van der Waals surface area contributed by atoms with E-state index in [1.165, 1.54) is 0 Å². The summed E-state index contributed by atoms with van der Waals surface area (Å²) in [5, 5.41) is 0. The van der Waals surface area contributed by atoms with Gasteiger partial charge in [-0.2, -0.15) is 0 Å². The van der Waals surface area contributed by atoms with Gasteiger partial charge in [-0.1, -0.05) is 0 Å². The summed E-state index contributed by atoms with van der Waals surface area (Å²) in [7, 11) is 0. The molecule has 0 fully saturated rings. The molecule has 0 aliphatic rings. The van der Waals surface area contributed by atoms with Crippen molar-refractivity contribution in [1.82, 2.24) is 0 Å². The Bertz CT molecular complexity index is 6.00. The Hall–Kier alpha value is 3.08. The molecule has 0 unspecified atom stereocenters. The Morgan fingerprint density at radius 2 is 0.750 bits per heavy atom. The molecule has 0 saturated heterocycles. The average Bonchev–Trinajstić information content (AvgIpc) is 0. The van der Waals surface area contributed by atoms with Gasteiger partial charge in [0.1, 0.15) is 0 Å². The first-order chi connectivity index (χ1) is 0. The van der Waals surface area contributed by atoms with Crippen LogP contribution in [0.2, 0.25) is 0 Å². The molecule has 0 aromatic rings. The van der Waals surface area contributed by atoms with Gasteiger partial charge in [0, 0.05) is 0 Å². The number of rotatable bonds is 0. The van der Waals surface area contributed by atoms with Gasteiger partial charge in [-0.25, -0.2) is 0 Å². The fourth-order valence-electron chi connectivity index (χ4n) is 0. The molecule has 0 amide bonds. The van der Waals surface area contributed by atoms with Crippen LogP contribution in [0.15, 0.2) is 0 Å². The number of hydrogen-bond acceptors (Lipinski definition) is 0. The summed E-state index contributed by atoms with van der Waals surface area (Å²) < 4.78 is 0. The van der Waals surface area contributed by atoms with Gasteiger partial charge in [0.2, 0.25) is 0 Å². The largest absolute Gasteiger partial charge is 2.00 e. The normalized spacial score (nSPS) is 0. The maximum Gasteiger partial charge on any atom is 2.00 e. The van der Waals surface area contributed by atoms with Crippen LogP contribution >= 0.6 is 0 Å². The van der Waals surface area contributed by atoms with Crippen molar-refractivity contribution in [2.75, 3.05) is 0 Å². The zero-order valence-electron chi connectivity index (χ0n) is 2.46. The van der Waals surface area contributed by atoms with Crippen LogP contribution in [0.4, 0.5) is 0 Å². The van der Waals surface area contributed by atoms with E-state index >= 15 is 0 Å². The van der Waals surface area contributed by atoms with E-state index in [9.17, 15) is 0 Å². The monoisotopic (exact) mass is 341 g/mol. The molecule has 0 radical (unpaired) electrons. The standard InChI is InChI=1S/2HI.Na.Zn/h2*1H;;/q;;+1;+2/p-2. The predicted octanol–water partition coefficient (Wildman–Crippen LogP) is -8.99. The summed E-state index contributed by atoms with van der Waals surface area (Å²) in [5.41, 5.74) is 0. The van der Waals surface area contributed by atoms with Gasteiger partial charge in [0.25, 0.3) is 0 Å². The SMILES string of the molecule is [I-].[I-].[Na+].[Zn+2]. The molecule has 0 heterocycles. The molecule has 0 aliphatic heterocycles. The zero-order valence-corrected chi connectivity index (χ0v) is 11.7. The first-order valence-corrected chi connectivity index (χ1v) is 0. The molecule has 0 bridgehead atoms. The third-order valence-corrected chi connectivity index (χ3v) is 0. The predicted molar refractivity (Wildman–Crippen MR) is 0 cm³/mol. The number of hydrogen-bond donors (Lipinski definition) is 0. The number of halogens is 2. The van der Waals surface area contributed by atoms with Gasteiger partial charge < -0.3 is 48.0 Å². The van der Waals surface area contributed by atoms with Gasteiger partial charge in [-0.15, -0.1) is 0 Å². The average molecular weight is 342 g/mol. The van der Waals surface area contributed by atoms with E-state index < -0.39 is 0 Å². The van der Waals surface area contributed by atoms with Gasteiger partial charge >= 0.3 is 49.0 Å². The molecule has 0 N–H and O–H groups in total. The van der Waals surface area contributed by atoms with E-state index in [1.54, 1.807) is 0 Å². The molecule has 0 spiro atoms. The zero-order chi connectivity index (χ0) is 0. The molecule has 4 heteroatoms. The molecule has 16 valence electrons. The Morgan fingerprint density at radius 3 is 0.750 bits per heavy atom. The minimum absolute atomic E-state index is 0. The summed E-state index contributed by atoms with van der Waals surface area (Å²) in [6.45, 7) is 0. The minimum atomic E-state index is 0. The van der Waals surface area contributed by atoms with E-state index in [1.807, 2.05) is 0 Å². The Labute approximate surface area is 95.0 Å². The second-order valence-corrected chi connectivity index (χ2v) is 0. The first-order valence-electron chi connectivity index (χ1n) is 0. The van der Waals surface area contributed by atoms with Crippen molar-refractivity contribution in [3.63, 3.8) is 0 Å². The van der Waals surface area contributed by atoms with E-state index in [2.05, 4.69) is 0 Å². The van der Waals surface area contributed by atoms with Crippen LogP contribution in [-0.4, -0.2) is 0 Å².